The van der Waals surface area contributed by atoms with Crippen LogP contribution in [-0.2, 0) is 14.8 Å². The third kappa shape index (κ3) is 5.60. The van der Waals surface area contributed by atoms with Crippen LogP contribution < -0.4 is 10.0 Å². The Balaban J connectivity index is 2.06. The molecule has 0 aliphatic carbocycles. The number of ether oxygens (including phenoxy) is 1. The van der Waals surface area contributed by atoms with E-state index in [1.165, 1.54) is 42.5 Å². The predicted molar refractivity (Wildman–Crippen MR) is 103 cm³/mol. The van der Waals surface area contributed by atoms with Gasteiger partial charge in [-0.2, -0.15) is 0 Å². The maximum Gasteiger partial charge on any atom is 0.263 e. The molecule has 0 aromatic heterocycles. The van der Waals surface area contributed by atoms with Crippen LogP contribution in [0.2, 0.25) is 10.0 Å². The number of hydrogen-bond donors (Lipinski definition) is 2. The molecule has 0 aliphatic rings. The van der Waals surface area contributed by atoms with E-state index in [1.54, 1.807) is 7.11 Å². The molecule has 2 rings (SSSR count). The average Bonchev–Trinajstić information content (AvgIpc) is 2.61. The number of carbonyl (C=O) groups excluding carboxylic acids is 1. The van der Waals surface area contributed by atoms with Crippen LogP contribution in [0.4, 0.5) is 5.69 Å². The molecule has 0 saturated carbocycles. The summed E-state index contributed by atoms with van der Waals surface area (Å²) in [6.07, 6.45) is 0.709. The summed E-state index contributed by atoms with van der Waals surface area (Å²) in [5, 5.41) is 3.07. The molecule has 0 fully saturated rings. The van der Waals surface area contributed by atoms with Gasteiger partial charge in [0.05, 0.1) is 5.02 Å². The molecule has 0 saturated heterocycles. The molecule has 0 radical (unpaired) electrons. The second-order valence-corrected chi connectivity index (χ2v) is 7.85. The van der Waals surface area contributed by atoms with Crippen molar-refractivity contribution in [2.24, 2.45) is 0 Å². The van der Waals surface area contributed by atoms with E-state index in [1.807, 2.05) is 0 Å². The van der Waals surface area contributed by atoms with Crippen molar-refractivity contribution in [2.75, 3.05) is 25.0 Å². The maximum absolute atomic E-state index is 12.5. The van der Waals surface area contributed by atoms with E-state index in [2.05, 4.69) is 10.0 Å². The Hall–Kier alpha value is -1.80. The zero-order valence-electron chi connectivity index (χ0n) is 14.0. The monoisotopic (exact) mass is 416 g/mol. The molecule has 0 spiro atoms. The number of nitrogens with one attached hydrogen (secondary N) is 2. The van der Waals surface area contributed by atoms with Gasteiger partial charge >= 0.3 is 0 Å². The van der Waals surface area contributed by atoms with Crippen molar-refractivity contribution in [3.05, 3.63) is 58.1 Å². The minimum absolute atomic E-state index is 0.0638. The highest BCUT2D eigenvalue weighted by Crippen LogP contribution is 2.26. The van der Waals surface area contributed by atoms with Crippen molar-refractivity contribution in [3.8, 4) is 0 Å². The molecule has 2 aromatic carbocycles. The highest BCUT2D eigenvalue weighted by Gasteiger charge is 2.18. The number of halogens is 2. The van der Waals surface area contributed by atoms with Crippen LogP contribution in [0.3, 0.4) is 0 Å². The molecule has 1 amide bonds. The Bertz CT molecular complexity index is 871. The van der Waals surface area contributed by atoms with Crippen LogP contribution in [0, 0.1) is 0 Å². The first-order valence-corrected chi connectivity index (χ1v) is 9.92. The highest BCUT2D eigenvalue weighted by atomic mass is 35.5. The first-order chi connectivity index (χ1) is 12.3. The number of hydrogen-bond acceptors (Lipinski definition) is 4. The molecule has 26 heavy (non-hydrogen) atoms. The molecular weight excluding hydrogens is 399 g/mol. The van der Waals surface area contributed by atoms with Gasteiger partial charge < -0.3 is 10.1 Å². The van der Waals surface area contributed by atoms with E-state index in [9.17, 15) is 13.2 Å². The molecule has 0 atom stereocenters. The second-order valence-electron chi connectivity index (χ2n) is 5.36. The van der Waals surface area contributed by atoms with Gasteiger partial charge in [0.25, 0.3) is 15.9 Å². The van der Waals surface area contributed by atoms with Crippen LogP contribution in [0.5, 0.6) is 0 Å². The molecule has 0 heterocycles. The number of rotatable bonds is 8. The van der Waals surface area contributed by atoms with Gasteiger partial charge in [-0.05, 0) is 48.9 Å². The number of benzene rings is 2. The molecule has 0 bridgehead atoms. The predicted octanol–water partition coefficient (Wildman–Crippen LogP) is 3.56. The summed E-state index contributed by atoms with van der Waals surface area (Å²) in [6.45, 7) is 1.06. The van der Waals surface area contributed by atoms with Crippen LogP contribution in [0.1, 0.15) is 16.8 Å². The van der Waals surface area contributed by atoms with Crippen molar-refractivity contribution in [2.45, 2.75) is 11.3 Å². The zero-order valence-corrected chi connectivity index (χ0v) is 16.3. The van der Waals surface area contributed by atoms with Crippen molar-refractivity contribution < 1.29 is 17.9 Å². The van der Waals surface area contributed by atoms with Crippen LogP contribution >= 0.6 is 23.2 Å². The molecule has 6 nitrogen and oxygen atoms in total. The van der Waals surface area contributed by atoms with Crippen molar-refractivity contribution >= 4 is 44.8 Å². The fourth-order valence-electron chi connectivity index (χ4n) is 2.10. The van der Waals surface area contributed by atoms with Crippen LogP contribution in [-0.4, -0.2) is 34.6 Å². The Labute approximate surface area is 162 Å². The molecule has 2 aromatic rings. The van der Waals surface area contributed by atoms with Gasteiger partial charge in [0.2, 0.25) is 0 Å². The fourth-order valence-corrected chi connectivity index (χ4v) is 3.93. The van der Waals surface area contributed by atoms with Gasteiger partial charge in [0.1, 0.15) is 4.90 Å². The van der Waals surface area contributed by atoms with Crippen LogP contribution in [0.15, 0.2) is 47.4 Å². The van der Waals surface area contributed by atoms with E-state index in [4.69, 9.17) is 27.9 Å². The SMILES string of the molecule is COCCCNC(=O)c1ccc(NS(=O)(=O)c2cc(Cl)ccc2Cl)cc1. The molecular formula is C17H18Cl2N2O4S. The van der Waals surface area contributed by atoms with E-state index in [-0.39, 0.29) is 20.8 Å². The lowest BCUT2D eigenvalue weighted by atomic mass is 10.2. The quantitative estimate of drug-likeness (QED) is 0.644. The lowest BCUT2D eigenvalue weighted by molar-refractivity contribution is 0.0948. The third-order valence-electron chi connectivity index (χ3n) is 3.39. The van der Waals surface area contributed by atoms with Gasteiger partial charge in [0.15, 0.2) is 0 Å². The molecule has 2 N–H and O–H groups in total. The summed E-state index contributed by atoms with van der Waals surface area (Å²) < 4.78 is 32.2. The van der Waals surface area contributed by atoms with Gasteiger partial charge in [-0.1, -0.05) is 23.2 Å². The van der Waals surface area contributed by atoms with E-state index >= 15 is 0 Å². The Kier molecular flexibility index (Phi) is 7.28. The van der Waals surface area contributed by atoms with Gasteiger partial charge in [0, 0.05) is 36.5 Å². The largest absolute Gasteiger partial charge is 0.385 e. The number of amides is 1. The minimum Gasteiger partial charge on any atom is -0.385 e. The molecule has 0 unspecified atom stereocenters. The van der Waals surface area contributed by atoms with E-state index in [0.717, 1.165) is 0 Å². The number of carbonyl (C=O) groups is 1. The summed E-state index contributed by atoms with van der Waals surface area (Å²) in [5.74, 6) is -0.242. The smallest absolute Gasteiger partial charge is 0.263 e. The first kappa shape index (κ1) is 20.5. The first-order valence-electron chi connectivity index (χ1n) is 7.68. The molecule has 9 heteroatoms. The lowest BCUT2D eigenvalue weighted by Crippen LogP contribution is -2.25. The summed E-state index contributed by atoms with van der Waals surface area (Å²) in [7, 11) is -2.31. The number of sulfonamides is 1. The minimum atomic E-state index is -3.90. The molecule has 140 valence electrons. The van der Waals surface area contributed by atoms with Gasteiger partial charge in [-0.3, -0.25) is 9.52 Å². The summed E-state index contributed by atoms with van der Waals surface area (Å²) in [4.78, 5) is 11.9. The van der Waals surface area contributed by atoms with Crippen LogP contribution in [0.25, 0.3) is 0 Å². The second kappa shape index (κ2) is 9.23. The summed E-state index contributed by atoms with van der Waals surface area (Å²) in [6, 6.07) is 10.2. The normalized spacial score (nSPS) is 11.2. The average molecular weight is 417 g/mol. The fraction of sp³-hybridized carbons (Fsp3) is 0.235. The van der Waals surface area contributed by atoms with Gasteiger partial charge in [-0.15, -0.1) is 0 Å². The zero-order chi connectivity index (χ0) is 19.2. The van der Waals surface area contributed by atoms with Gasteiger partial charge in [-0.25, -0.2) is 8.42 Å². The number of methoxy groups -OCH3 is 1. The number of anilines is 1. The van der Waals surface area contributed by atoms with Crippen molar-refractivity contribution in [1.82, 2.24) is 5.32 Å². The third-order valence-corrected chi connectivity index (χ3v) is 5.49. The maximum atomic E-state index is 12.5. The summed E-state index contributed by atoms with van der Waals surface area (Å²) >= 11 is 11.8. The van der Waals surface area contributed by atoms with Crippen molar-refractivity contribution in [3.63, 3.8) is 0 Å². The Morgan fingerprint density at radius 3 is 2.46 bits per heavy atom. The van der Waals surface area contributed by atoms with E-state index < -0.39 is 10.0 Å². The standard InChI is InChI=1S/C17H18Cl2N2O4S/c1-25-10-2-9-20-17(22)12-3-6-14(7-4-12)21-26(23,24)16-11-13(18)5-8-15(16)19/h3-8,11,21H,2,9-10H2,1H3,(H,20,22). The summed E-state index contributed by atoms with van der Waals surface area (Å²) in [5.41, 5.74) is 0.725. The lowest BCUT2D eigenvalue weighted by Gasteiger charge is -2.10. The Morgan fingerprint density at radius 2 is 1.81 bits per heavy atom. The van der Waals surface area contributed by atoms with Crippen molar-refractivity contribution in [1.29, 1.82) is 0 Å². The molecule has 0 aliphatic heterocycles. The Morgan fingerprint density at radius 1 is 1.12 bits per heavy atom. The van der Waals surface area contributed by atoms with E-state index in [0.29, 0.717) is 30.8 Å². The topological polar surface area (TPSA) is 84.5 Å². The highest BCUT2D eigenvalue weighted by molar-refractivity contribution is 7.92.